The molecule has 4 heterocycles. The van der Waals surface area contributed by atoms with E-state index in [2.05, 4.69) is 54.4 Å². The first kappa shape index (κ1) is 47.1. The molecule has 8 rings (SSSR count). The number of carbonyl (C=O) groups excluding carboxylic acids is 5. The molecule has 3 atom stereocenters. The number of hydrogen-bond acceptors (Lipinski definition) is 12. The van der Waals surface area contributed by atoms with E-state index in [1.807, 2.05) is 26.8 Å². The van der Waals surface area contributed by atoms with Gasteiger partial charge < -0.3 is 15.4 Å². The van der Waals surface area contributed by atoms with Crippen LogP contribution in [0.5, 0.6) is 5.75 Å². The Kier molecular flexibility index (Phi) is 14.0. The second-order valence-corrected chi connectivity index (χ2v) is 17.5. The summed E-state index contributed by atoms with van der Waals surface area (Å²) in [6, 6.07) is 14.9. The first-order chi connectivity index (χ1) is 31.5. The van der Waals surface area contributed by atoms with Crippen molar-refractivity contribution >= 4 is 86.1 Å². The summed E-state index contributed by atoms with van der Waals surface area (Å²) in [5.41, 5.74) is 4.87. The van der Waals surface area contributed by atoms with Crippen LogP contribution in [0.1, 0.15) is 91.9 Å². The molecule has 0 spiro atoms. The van der Waals surface area contributed by atoms with Crippen LogP contribution >= 0.6 is 23.2 Å². The third kappa shape index (κ3) is 9.84. The Balaban J connectivity index is 0.000000196. The highest BCUT2D eigenvalue weighted by Gasteiger charge is 2.50. The van der Waals surface area contributed by atoms with E-state index >= 15 is 0 Å². The molecule has 0 radical (unpaired) electrons. The average Bonchev–Trinajstić information content (AvgIpc) is 3.70. The van der Waals surface area contributed by atoms with Gasteiger partial charge in [-0.2, -0.15) is 0 Å². The summed E-state index contributed by atoms with van der Waals surface area (Å²) in [6.45, 7) is 11.2. The number of Topliss-reactive ketones (excluding diaryl/α,β-unsaturated/α-hetero) is 2. The number of ether oxygens (including phenoxy) is 1. The number of aromatic nitrogens is 8. The maximum atomic E-state index is 13.5. The molecule has 66 heavy (non-hydrogen) atoms. The first-order valence-electron chi connectivity index (χ1n) is 21.3. The molecule has 3 unspecified atom stereocenters. The lowest BCUT2D eigenvalue weighted by Crippen LogP contribution is -2.36. The van der Waals surface area contributed by atoms with Crippen molar-refractivity contribution in [3.05, 3.63) is 124 Å². The number of carbonyl (C=O) groups is 5. The molecule has 1 aliphatic rings. The minimum Gasteiger partial charge on any atom is -0.495 e. The Hall–Kier alpha value is -6.91. The molecule has 7 aromatic rings. The molecule has 3 aromatic carbocycles. The number of methoxy groups -OCH3 is 1. The normalized spacial score (nSPS) is 14.1. The van der Waals surface area contributed by atoms with E-state index in [-0.39, 0.29) is 28.4 Å². The lowest BCUT2D eigenvalue weighted by molar-refractivity contribution is -0.133. The summed E-state index contributed by atoms with van der Waals surface area (Å²) in [5.74, 6) is -1.09. The number of ketones is 3. The maximum Gasteiger partial charge on any atom is 0.255 e. The summed E-state index contributed by atoms with van der Waals surface area (Å²) in [5, 5.41) is 6.37. The van der Waals surface area contributed by atoms with Crippen molar-refractivity contribution in [2.45, 2.75) is 79.3 Å². The smallest absolute Gasteiger partial charge is 0.255 e. The van der Waals surface area contributed by atoms with Crippen LogP contribution in [0.3, 0.4) is 0 Å². The molecular formula is C48H48Cl2N10O6. The SMILES string of the molecule is CCC(C)Cc1ncnc2c1ncn2C(C(=O)Nc1cc(C)c(Cl)cc1Cl)C(=O)C1(C)CC1.COc1cc(C)ccc1NC(=O)C(C(C)=O)n1cnc2c(C(=O)c3ccccc3)ncnc21. The molecule has 16 nitrogen and oxygen atoms in total. The lowest BCUT2D eigenvalue weighted by Gasteiger charge is -2.21. The largest absolute Gasteiger partial charge is 0.495 e. The minimum absolute atomic E-state index is 0.0906. The van der Waals surface area contributed by atoms with E-state index in [9.17, 15) is 24.0 Å². The van der Waals surface area contributed by atoms with Crippen LogP contribution < -0.4 is 15.4 Å². The monoisotopic (exact) mass is 930 g/mol. The van der Waals surface area contributed by atoms with Crippen LogP contribution in [-0.4, -0.2) is 75.3 Å². The van der Waals surface area contributed by atoms with E-state index in [1.165, 1.54) is 43.9 Å². The first-order valence-corrected chi connectivity index (χ1v) is 22.0. The maximum absolute atomic E-state index is 13.5. The van der Waals surface area contributed by atoms with Crippen molar-refractivity contribution in [1.82, 2.24) is 39.0 Å². The van der Waals surface area contributed by atoms with Crippen molar-refractivity contribution in [2.75, 3.05) is 17.7 Å². The fourth-order valence-corrected chi connectivity index (χ4v) is 7.78. The number of amides is 2. The van der Waals surface area contributed by atoms with Gasteiger partial charge in [0, 0.05) is 16.0 Å². The summed E-state index contributed by atoms with van der Waals surface area (Å²) in [4.78, 5) is 91.5. The van der Waals surface area contributed by atoms with Crippen LogP contribution in [-0.2, 0) is 25.6 Å². The molecule has 1 saturated carbocycles. The van der Waals surface area contributed by atoms with Crippen molar-refractivity contribution in [3.8, 4) is 5.75 Å². The van der Waals surface area contributed by atoms with Crippen molar-refractivity contribution in [3.63, 3.8) is 0 Å². The summed E-state index contributed by atoms with van der Waals surface area (Å²) < 4.78 is 8.24. The number of halogens is 2. The van der Waals surface area contributed by atoms with E-state index in [0.717, 1.165) is 42.5 Å². The fourth-order valence-electron chi connectivity index (χ4n) is 7.35. The second-order valence-electron chi connectivity index (χ2n) is 16.7. The predicted molar refractivity (Wildman–Crippen MR) is 251 cm³/mol. The fraction of sp³-hybridized carbons (Fsp3) is 0.312. The Bertz CT molecular complexity index is 3000. The van der Waals surface area contributed by atoms with Gasteiger partial charge in [0.2, 0.25) is 5.78 Å². The Morgan fingerprint density at radius 1 is 0.773 bits per heavy atom. The molecule has 0 bridgehead atoms. The van der Waals surface area contributed by atoms with Crippen LogP contribution in [0.15, 0.2) is 86.0 Å². The van der Waals surface area contributed by atoms with Crippen molar-refractivity contribution in [1.29, 1.82) is 0 Å². The number of aryl methyl sites for hydroxylation is 2. The number of hydrogen-bond donors (Lipinski definition) is 2. The number of nitrogens with zero attached hydrogens (tertiary/aromatic N) is 8. The van der Waals surface area contributed by atoms with Gasteiger partial charge in [0.1, 0.15) is 35.1 Å². The highest BCUT2D eigenvalue weighted by atomic mass is 35.5. The number of benzene rings is 3. The van der Waals surface area contributed by atoms with E-state index in [1.54, 1.807) is 59.2 Å². The van der Waals surface area contributed by atoms with Crippen molar-refractivity contribution in [2.24, 2.45) is 11.3 Å². The Morgan fingerprint density at radius 2 is 1.39 bits per heavy atom. The van der Waals surface area contributed by atoms with Gasteiger partial charge in [-0.1, -0.05) is 86.8 Å². The second kappa shape index (κ2) is 19.7. The number of rotatable bonds is 15. The molecule has 18 heteroatoms. The zero-order chi connectivity index (χ0) is 47.4. The molecule has 340 valence electrons. The quantitative estimate of drug-likeness (QED) is 0.0732. The number of nitrogens with one attached hydrogen (secondary N) is 2. The van der Waals surface area contributed by atoms with E-state index in [4.69, 9.17) is 27.9 Å². The third-order valence-corrected chi connectivity index (χ3v) is 12.4. The van der Waals surface area contributed by atoms with Crippen LogP contribution in [0.25, 0.3) is 22.3 Å². The van der Waals surface area contributed by atoms with Crippen molar-refractivity contribution < 1.29 is 28.7 Å². The molecule has 2 N–H and O–H groups in total. The van der Waals surface area contributed by atoms with Gasteiger partial charge in [0.25, 0.3) is 11.8 Å². The van der Waals surface area contributed by atoms with Crippen LogP contribution in [0.2, 0.25) is 10.0 Å². The lowest BCUT2D eigenvalue weighted by atomic mass is 9.96. The number of fused-ring (bicyclic) bond motifs is 2. The molecule has 1 fully saturated rings. The van der Waals surface area contributed by atoms with Gasteiger partial charge in [-0.3, -0.25) is 33.1 Å². The van der Waals surface area contributed by atoms with E-state index in [0.29, 0.717) is 49.8 Å². The van der Waals surface area contributed by atoms with Gasteiger partial charge >= 0.3 is 0 Å². The molecule has 0 saturated heterocycles. The third-order valence-electron chi connectivity index (χ3n) is 11.7. The number of anilines is 2. The van der Waals surface area contributed by atoms with Gasteiger partial charge in [-0.05, 0) is 81.3 Å². The molecule has 2 amide bonds. The molecular weight excluding hydrogens is 883 g/mol. The molecule has 4 aromatic heterocycles. The Morgan fingerprint density at radius 3 is 2.05 bits per heavy atom. The number of imidazole rings is 2. The Labute approximate surface area is 390 Å². The topological polar surface area (TPSA) is 206 Å². The van der Waals surface area contributed by atoms with Gasteiger partial charge in [-0.15, -0.1) is 0 Å². The zero-order valence-electron chi connectivity index (χ0n) is 37.4. The highest BCUT2D eigenvalue weighted by Crippen LogP contribution is 2.49. The summed E-state index contributed by atoms with van der Waals surface area (Å²) in [7, 11) is 1.50. The summed E-state index contributed by atoms with van der Waals surface area (Å²) >= 11 is 12.4. The van der Waals surface area contributed by atoms with Gasteiger partial charge in [0.05, 0.1) is 41.9 Å². The predicted octanol–water partition coefficient (Wildman–Crippen LogP) is 8.72. The molecule has 1 aliphatic carbocycles. The highest BCUT2D eigenvalue weighted by molar-refractivity contribution is 6.37. The zero-order valence-corrected chi connectivity index (χ0v) is 38.9. The molecule has 0 aliphatic heterocycles. The van der Waals surface area contributed by atoms with Gasteiger partial charge in [0.15, 0.2) is 34.9 Å². The summed E-state index contributed by atoms with van der Waals surface area (Å²) in [6.07, 6.45) is 8.77. The van der Waals surface area contributed by atoms with Crippen LogP contribution in [0, 0.1) is 25.2 Å². The minimum atomic E-state index is -1.25. The van der Waals surface area contributed by atoms with Gasteiger partial charge in [-0.25, -0.2) is 29.9 Å². The van der Waals surface area contributed by atoms with E-state index < -0.39 is 35.1 Å². The average molecular weight is 932 g/mol. The van der Waals surface area contributed by atoms with Crippen LogP contribution in [0.4, 0.5) is 11.4 Å². The standard InChI is InChI=1S/C24H27Cl2N5O2.C24H21N5O4/c1-5-13(2)8-18-19-22(28-11-27-18)31(12-29-19)20(21(32)24(4)6-7-24)23(33)30-17-9-14(3)15(25)10-16(17)26;1-14-9-10-17(18(11-14)33-3)28-24(32)21(15(2)30)29-13-27-20-19(25-12-26-23(20)29)22(31)16-7-5-4-6-8-16/h9-13,20H,5-8H2,1-4H3,(H,30,33);4-13,21H,1-3H3,(H,28,32).